The summed E-state index contributed by atoms with van der Waals surface area (Å²) >= 11 is 0. The Bertz CT molecular complexity index is 971. The van der Waals surface area contributed by atoms with Crippen LogP contribution in [0.2, 0.25) is 0 Å². The number of para-hydroxylation sites is 2. The van der Waals surface area contributed by atoms with Crippen molar-refractivity contribution in [2.75, 3.05) is 0 Å². The Morgan fingerprint density at radius 1 is 0.622 bits per heavy atom. The van der Waals surface area contributed by atoms with Gasteiger partial charge in [0.15, 0.2) is 0 Å². The molecule has 0 aromatic heterocycles. The van der Waals surface area contributed by atoms with Crippen LogP contribution in [0.15, 0.2) is 82.8 Å². The minimum Gasteiger partial charge on any atom is -0.255 e. The summed E-state index contributed by atoms with van der Waals surface area (Å²) in [5.74, 6) is 0. The second-order valence-corrected chi connectivity index (χ2v) is 9.53. The summed E-state index contributed by atoms with van der Waals surface area (Å²) in [5.41, 5.74) is 5.84. The van der Waals surface area contributed by atoms with Crippen LogP contribution in [-0.2, 0) is 29.3 Å². The molecule has 0 spiro atoms. The van der Waals surface area contributed by atoms with Gasteiger partial charge in [-0.25, -0.2) is 0 Å². The number of aliphatic imine (C=N–C) groups is 2. The van der Waals surface area contributed by atoms with E-state index in [0.29, 0.717) is 0 Å². The molecule has 0 aliphatic rings. The van der Waals surface area contributed by atoms with E-state index in [1.807, 2.05) is 6.21 Å². The Hall–Kier alpha value is -2.25. The van der Waals surface area contributed by atoms with E-state index in [1.54, 1.807) is 0 Å². The number of rotatable bonds is 18. The summed E-state index contributed by atoms with van der Waals surface area (Å²) in [4.78, 5) is 10.0. The molecule has 204 valence electrons. The first-order valence-electron chi connectivity index (χ1n) is 14.4. The average Bonchev–Trinajstić information content (AvgIpc) is 2.91. The summed E-state index contributed by atoms with van der Waals surface area (Å²) in [7, 11) is 0. The summed E-state index contributed by atoms with van der Waals surface area (Å²) < 4.78 is 0. The molecule has 2 rings (SSSR count). The van der Waals surface area contributed by atoms with E-state index in [-0.39, 0.29) is 16.5 Å². The van der Waals surface area contributed by atoms with Crippen LogP contribution in [0.1, 0.15) is 103 Å². The molecule has 0 heterocycles. The van der Waals surface area contributed by atoms with Gasteiger partial charge in [0.25, 0.3) is 0 Å². The Morgan fingerprint density at radius 3 is 1.68 bits per heavy atom. The predicted molar refractivity (Wildman–Crippen MR) is 162 cm³/mol. The van der Waals surface area contributed by atoms with Gasteiger partial charge in [-0.1, -0.05) is 114 Å². The Balaban J connectivity index is 0.00000684. The zero-order chi connectivity index (χ0) is 25.7. The number of hydrogen-bond acceptors (Lipinski definition) is 2. The molecule has 3 heteroatoms. The molecule has 0 unspecified atom stereocenters. The summed E-state index contributed by atoms with van der Waals surface area (Å²) in [6, 6.07) is 17.1. The second kappa shape index (κ2) is 21.8. The largest absolute Gasteiger partial charge is 0.255 e. The molecule has 2 aromatic carbocycles. The van der Waals surface area contributed by atoms with E-state index in [1.165, 1.54) is 49.7 Å². The van der Waals surface area contributed by atoms with Crippen LogP contribution in [0.5, 0.6) is 0 Å². The third kappa shape index (κ3) is 14.3. The number of benzene rings is 2. The molecule has 0 aliphatic carbocycles. The van der Waals surface area contributed by atoms with Gasteiger partial charge in [-0.15, -0.1) is 0 Å². The predicted octanol–water partition coefficient (Wildman–Crippen LogP) is 10.7. The molecular formula is C34H48N2Ni. The summed E-state index contributed by atoms with van der Waals surface area (Å²) in [6.45, 7) is 6.72. The van der Waals surface area contributed by atoms with Crippen molar-refractivity contribution in [3.8, 4) is 0 Å². The minimum atomic E-state index is 0. The molecule has 0 N–H and O–H groups in total. The molecule has 0 atom stereocenters. The second-order valence-electron chi connectivity index (χ2n) is 9.53. The first-order valence-corrected chi connectivity index (χ1v) is 14.4. The first kappa shape index (κ1) is 32.8. The van der Waals surface area contributed by atoms with Crippen LogP contribution in [0, 0.1) is 0 Å². The molecule has 2 nitrogen and oxygen atoms in total. The third-order valence-electron chi connectivity index (χ3n) is 6.33. The number of hydrogen-bond donors (Lipinski definition) is 0. The van der Waals surface area contributed by atoms with E-state index in [0.717, 1.165) is 62.0 Å². The van der Waals surface area contributed by atoms with Crippen LogP contribution < -0.4 is 0 Å². The van der Waals surface area contributed by atoms with Gasteiger partial charge in [0.1, 0.15) is 0 Å². The summed E-state index contributed by atoms with van der Waals surface area (Å²) in [5, 5.41) is 0. The van der Waals surface area contributed by atoms with Crippen LogP contribution in [0.3, 0.4) is 0 Å². The van der Waals surface area contributed by atoms with Gasteiger partial charge in [0, 0.05) is 22.7 Å². The maximum Gasteiger partial charge on any atom is 0.0665 e. The Labute approximate surface area is 237 Å². The molecule has 37 heavy (non-hydrogen) atoms. The quantitative estimate of drug-likeness (QED) is 0.0773. The normalized spacial score (nSPS) is 12.1. The molecular weight excluding hydrogens is 495 g/mol. The first-order chi connectivity index (χ1) is 17.8. The van der Waals surface area contributed by atoms with Gasteiger partial charge < -0.3 is 0 Å². The van der Waals surface area contributed by atoms with Crippen LogP contribution >= 0.6 is 0 Å². The molecule has 0 bridgehead atoms. The zero-order valence-electron chi connectivity index (χ0n) is 23.4. The van der Waals surface area contributed by atoms with Crippen molar-refractivity contribution in [3.05, 3.63) is 84.0 Å². The fourth-order valence-electron chi connectivity index (χ4n) is 4.08. The zero-order valence-corrected chi connectivity index (χ0v) is 24.4. The van der Waals surface area contributed by atoms with Crippen molar-refractivity contribution >= 4 is 23.3 Å². The van der Waals surface area contributed by atoms with Gasteiger partial charge in [-0.2, -0.15) is 0 Å². The Kier molecular flexibility index (Phi) is 19.3. The topological polar surface area (TPSA) is 24.7 Å². The average molecular weight is 543 g/mol. The van der Waals surface area contributed by atoms with Gasteiger partial charge in [-0.3, -0.25) is 9.98 Å². The van der Waals surface area contributed by atoms with Gasteiger partial charge in [0.2, 0.25) is 0 Å². The SMILES string of the molecule is CCCC/C=C/CCc1ccccc1N=CC(CCCC)=Nc1ccccc1CC/C=C/CCCC.[Ni]. The fourth-order valence-corrected chi connectivity index (χ4v) is 4.08. The molecule has 0 fully saturated rings. The Morgan fingerprint density at radius 2 is 1.11 bits per heavy atom. The monoisotopic (exact) mass is 542 g/mol. The number of allylic oxidation sites excluding steroid dienone is 4. The fraction of sp³-hybridized carbons (Fsp3) is 0.471. The minimum absolute atomic E-state index is 0. The third-order valence-corrected chi connectivity index (χ3v) is 6.33. The van der Waals surface area contributed by atoms with Crippen molar-refractivity contribution in [2.24, 2.45) is 9.98 Å². The van der Waals surface area contributed by atoms with Gasteiger partial charge in [0.05, 0.1) is 17.1 Å². The van der Waals surface area contributed by atoms with Crippen molar-refractivity contribution in [3.63, 3.8) is 0 Å². The van der Waals surface area contributed by atoms with Crippen molar-refractivity contribution in [1.29, 1.82) is 0 Å². The van der Waals surface area contributed by atoms with E-state index in [9.17, 15) is 0 Å². The smallest absolute Gasteiger partial charge is 0.0665 e. The molecule has 0 amide bonds. The summed E-state index contributed by atoms with van der Waals surface area (Å²) in [6.07, 6.45) is 26.1. The number of unbranched alkanes of at least 4 members (excludes halogenated alkanes) is 5. The van der Waals surface area contributed by atoms with Crippen LogP contribution in [0.4, 0.5) is 11.4 Å². The van der Waals surface area contributed by atoms with Gasteiger partial charge >= 0.3 is 0 Å². The van der Waals surface area contributed by atoms with Crippen molar-refractivity contribution < 1.29 is 16.5 Å². The van der Waals surface area contributed by atoms with Gasteiger partial charge in [-0.05, 0) is 74.6 Å². The van der Waals surface area contributed by atoms with E-state index < -0.39 is 0 Å². The van der Waals surface area contributed by atoms with E-state index in [2.05, 4.69) is 93.6 Å². The van der Waals surface area contributed by atoms with Crippen molar-refractivity contribution in [2.45, 2.75) is 104 Å². The van der Waals surface area contributed by atoms with Crippen LogP contribution in [-0.4, -0.2) is 11.9 Å². The molecule has 0 radical (unpaired) electrons. The maximum absolute atomic E-state index is 5.11. The van der Waals surface area contributed by atoms with E-state index >= 15 is 0 Å². The number of nitrogens with zero attached hydrogens (tertiary/aromatic N) is 2. The molecule has 0 saturated carbocycles. The van der Waals surface area contributed by atoms with Crippen molar-refractivity contribution in [1.82, 2.24) is 0 Å². The van der Waals surface area contributed by atoms with E-state index in [4.69, 9.17) is 9.98 Å². The molecule has 0 aliphatic heterocycles. The molecule has 0 saturated heterocycles. The van der Waals surface area contributed by atoms with Crippen LogP contribution in [0.25, 0.3) is 0 Å². The number of aryl methyl sites for hydroxylation is 2. The molecule has 2 aromatic rings. The maximum atomic E-state index is 5.11. The standard InChI is InChI=1S/C34H48N2.Ni/c1-4-7-10-12-14-16-22-30-24-18-20-27-33(30)35-29-32(26-9-6-3)36-34-28-21-19-25-31(34)23-17-15-13-11-8-5-2;/h12-15,18-21,24-25,27-29H,4-11,16-17,22-23,26H2,1-3H3;/b14-12+,15-13+,35-29?,36-32?;.